The van der Waals surface area contributed by atoms with Crippen molar-refractivity contribution >= 4 is 50.4 Å². The van der Waals surface area contributed by atoms with Gasteiger partial charge >= 0.3 is 6.03 Å². The molecule has 0 radical (unpaired) electrons. The number of fused-ring (bicyclic) bond motifs is 2. The Morgan fingerprint density at radius 2 is 1.64 bits per heavy atom. The molecule has 0 spiro atoms. The Hall–Kier alpha value is -3.48. The fraction of sp³-hybridized carbons (Fsp3) is 0.543. The fourth-order valence-electron chi connectivity index (χ4n) is 7.98. The largest absolute Gasteiger partial charge is 0.343 e. The molecule has 0 aliphatic carbocycles. The summed E-state index contributed by atoms with van der Waals surface area (Å²) in [6, 6.07) is 12.6. The lowest BCUT2D eigenvalue weighted by Gasteiger charge is -2.41. The fourth-order valence-corrected chi connectivity index (χ4v) is 8.60. The summed E-state index contributed by atoms with van der Waals surface area (Å²) in [4.78, 5) is 49.6. The smallest absolute Gasteiger partial charge is 0.322 e. The van der Waals surface area contributed by atoms with Crippen LogP contribution in [0.15, 0.2) is 47.1 Å². The third kappa shape index (κ3) is 7.19. The predicted molar refractivity (Wildman–Crippen MR) is 185 cm³/mol. The maximum Gasteiger partial charge on any atom is 0.322 e. The average molecular weight is 706 g/mol. The first-order valence-corrected chi connectivity index (χ1v) is 18.0. The van der Waals surface area contributed by atoms with Gasteiger partial charge in [0.2, 0.25) is 11.8 Å². The first-order valence-electron chi connectivity index (χ1n) is 17.2. The highest BCUT2D eigenvalue weighted by Crippen LogP contribution is 2.29. The summed E-state index contributed by atoms with van der Waals surface area (Å²) in [6.07, 6.45) is 6.69. The molecule has 0 bridgehead atoms. The van der Waals surface area contributed by atoms with Gasteiger partial charge in [0.05, 0.1) is 17.6 Å². The van der Waals surface area contributed by atoms with Gasteiger partial charge in [-0.25, -0.2) is 4.79 Å². The van der Waals surface area contributed by atoms with E-state index in [0.29, 0.717) is 32.1 Å². The number of hydrogen-bond donors (Lipinski definition) is 3. The topological polar surface area (TPSA) is 117 Å². The van der Waals surface area contributed by atoms with E-state index >= 15 is 0 Å². The number of para-hydroxylation sites is 1. The van der Waals surface area contributed by atoms with Gasteiger partial charge in [-0.1, -0.05) is 18.2 Å². The number of aromatic amines is 1. The number of amides is 4. The molecule has 4 amide bonds. The second-order valence-corrected chi connectivity index (χ2v) is 14.4. The molecule has 47 heavy (non-hydrogen) atoms. The summed E-state index contributed by atoms with van der Waals surface area (Å²) in [5.74, 6) is -0.341. The zero-order valence-electron chi connectivity index (χ0n) is 26.9. The van der Waals surface area contributed by atoms with Crippen molar-refractivity contribution in [3.8, 4) is 0 Å². The number of carbonyl (C=O) groups is 3. The first kappa shape index (κ1) is 32.1. The van der Waals surface area contributed by atoms with Crippen molar-refractivity contribution in [2.75, 3.05) is 64.2 Å². The number of urea groups is 1. The van der Waals surface area contributed by atoms with Crippen LogP contribution >= 0.6 is 15.9 Å². The molecule has 4 aliphatic rings. The highest BCUT2D eigenvalue weighted by atomic mass is 79.9. The minimum atomic E-state index is -0.443. The van der Waals surface area contributed by atoms with E-state index in [1.807, 2.05) is 39.0 Å². The third-order valence-electron chi connectivity index (χ3n) is 10.7. The molecule has 5 heterocycles. The van der Waals surface area contributed by atoms with Crippen molar-refractivity contribution in [2.45, 2.75) is 57.0 Å². The molecule has 3 aromatic rings. The number of rotatable bonds is 7. The summed E-state index contributed by atoms with van der Waals surface area (Å²) in [7, 11) is 0. The van der Waals surface area contributed by atoms with Crippen LogP contribution in [0.25, 0.3) is 10.9 Å². The summed E-state index contributed by atoms with van der Waals surface area (Å²) in [6.45, 7) is 7.48. The molecule has 7 rings (SSSR count). The number of piperazine rings is 1. The van der Waals surface area contributed by atoms with Gasteiger partial charge in [-0.05, 0) is 83.8 Å². The molecule has 12 heteroatoms. The summed E-state index contributed by atoms with van der Waals surface area (Å²) in [5, 5.41) is 14.7. The van der Waals surface area contributed by atoms with Crippen molar-refractivity contribution in [1.82, 2.24) is 35.1 Å². The number of anilines is 1. The Kier molecular flexibility index (Phi) is 9.78. The van der Waals surface area contributed by atoms with E-state index in [4.69, 9.17) is 0 Å². The summed E-state index contributed by atoms with van der Waals surface area (Å²) >= 11 is 3.66. The minimum absolute atomic E-state index is 0.0219. The number of piperidine rings is 2. The number of carbonyl (C=O) groups excluding carboxylic acids is 3. The van der Waals surface area contributed by atoms with Crippen LogP contribution in [-0.4, -0.2) is 119 Å². The number of nitrogens with zero attached hydrogens (tertiary/aromatic N) is 5. The first-order chi connectivity index (χ1) is 22.9. The number of benzene rings is 2. The normalized spacial score (nSPS) is 21.0. The van der Waals surface area contributed by atoms with Gasteiger partial charge in [0, 0.05) is 93.0 Å². The molecular weight excluding hydrogens is 660 g/mol. The van der Waals surface area contributed by atoms with E-state index in [9.17, 15) is 14.4 Å². The SMILES string of the molecule is O=C(CC(Cc1cc(Br)c2[nH]ncc2c1)C(=O)N1CCC(N2CCNCC2)CC1)N1CCC(N2CCc3ccccc3NC2=O)CC1. The monoisotopic (exact) mass is 704 g/mol. The molecule has 1 aromatic heterocycles. The second kappa shape index (κ2) is 14.3. The van der Waals surface area contributed by atoms with Crippen molar-refractivity contribution < 1.29 is 14.4 Å². The molecule has 3 saturated heterocycles. The standard InChI is InChI=1S/C35H45BrN8O3/c36-30-21-24(20-27-23-38-40-33(27)30)19-26(34(46)43-14-6-28(7-15-43)41-17-10-37-11-18-41)22-32(45)42-12-8-29(9-13-42)44-16-5-25-3-1-2-4-31(25)39-35(44)47/h1-4,20-21,23,26,28-29,37H,5-19,22H2,(H,38,40)(H,39,47). The van der Waals surface area contributed by atoms with Crippen molar-refractivity contribution in [3.05, 3.63) is 58.2 Å². The Balaban J connectivity index is 1.00. The van der Waals surface area contributed by atoms with Gasteiger partial charge in [0.1, 0.15) is 0 Å². The highest BCUT2D eigenvalue weighted by molar-refractivity contribution is 9.10. The van der Waals surface area contributed by atoms with E-state index in [1.54, 1.807) is 6.20 Å². The lowest BCUT2D eigenvalue weighted by atomic mass is 9.91. The Morgan fingerprint density at radius 3 is 2.43 bits per heavy atom. The predicted octanol–water partition coefficient (Wildman–Crippen LogP) is 3.85. The van der Waals surface area contributed by atoms with Gasteiger partial charge in [-0.3, -0.25) is 19.6 Å². The molecule has 3 fully saturated rings. The average Bonchev–Trinajstić information content (AvgIpc) is 3.52. The molecule has 1 unspecified atom stereocenters. The second-order valence-electron chi connectivity index (χ2n) is 13.5. The van der Waals surface area contributed by atoms with Crippen LogP contribution in [0, 0.1) is 5.92 Å². The van der Waals surface area contributed by atoms with Crippen LogP contribution in [0.1, 0.15) is 43.2 Å². The van der Waals surface area contributed by atoms with Gasteiger partial charge < -0.3 is 25.3 Å². The summed E-state index contributed by atoms with van der Waals surface area (Å²) < 4.78 is 0.902. The van der Waals surface area contributed by atoms with Crippen molar-refractivity contribution in [3.63, 3.8) is 0 Å². The van der Waals surface area contributed by atoms with E-state index in [2.05, 4.69) is 53.8 Å². The molecule has 1 atom stereocenters. The lowest BCUT2D eigenvalue weighted by molar-refractivity contribution is -0.143. The number of aromatic nitrogens is 2. The zero-order valence-corrected chi connectivity index (χ0v) is 28.5. The van der Waals surface area contributed by atoms with Gasteiger partial charge in [-0.2, -0.15) is 5.10 Å². The third-order valence-corrected chi connectivity index (χ3v) is 11.3. The molecule has 4 aliphatic heterocycles. The van der Waals surface area contributed by atoms with Gasteiger partial charge in [0.25, 0.3) is 0 Å². The zero-order chi connectivity index (χ0) is 32.3. The van der Waals surface area contributed by atoms with Crippen LogP contribution in [-0.2, 0) is 22.4 Å². The number of H-pyrrole nitrogens is 1. The molecule has 2 aromatic carbocycles. The van der Waals surface area contributed by atoms with Crippen LogP contribution < -0.4 is 10.6 Å². The van der Waals surface area contributed by atoms with E-state index in [1.165, 1.54) is 0 Å². The maximum atomic E-state index is 14.2. The molecule has 3 N–H and O–H groups in total. The molecule has 0 saturated carbocycles. The van der Waals surface area contributed by atoms with Crippen LogP contribution in [0.3, 0.4) is 0 Å². The number of halogens is 1. The Morgan fingerprint density at radius 1 is 0.915 bits per heavy atom. The number of nitrogens with one attached hydrogen (secondary N) is 3. The number of hydrogen-bond acceptors (Lipinski definition) is 6. The van der Waals surface area contributed by atoms with E-state index in [0.717, 1.165) is 104 Å². The quantitative estimate of drug-likeness (QED) is 0.344. The van der Waals surface area contributed by atoms with Gasteiger partial charge in [0.15, 0.2) is 0 Å². The highest BCUT2D eigenvalue weighted by Gasteiger charge is 2.35. The maximum absolute atomic E-state index is 14.2. The van der Waals surface area contributed by atoms with Crippen LogP contribution in [0.5, 0.6) is 0 Å². The van der Waals surface area contributed by atoms with E-state index < -0.39 is 5.92 Å². The Labute approximate surface area is 284 Å². The van der Waals surface area contributed by atoms with Crippen molar-refractivity contribution in [1.29, 1.82) is 0 Å². The number of likely N-dealkylation sites (tertiary alicyclic amines) is 2. The van der Waals surface area contributed by atoms with Crippen molar-refractivity contribution in [2.24, 2.45) is 5.92 Å². The van der Waals surface area contributed by atoms with Gasteiger partial charge in [-0.15, -0.1) is 0 Å². The molecule has 250 valence electrons. The molecular formula is C35H45BrN8O3. The van der Waals surface area contributed by atoms with Crippen LogP contribution in [0.2, 0.25) is 0 Å². The van der Waals surface area contributed by atoms with E-state index in [-0.39, 0.29) is 30.3 Å². The summed E-state index contributed by atoms with van der Waals surface area (Å²) in [5.41, 5.74) is 3.97. The van der Waals surface area contributed by atoms with Crippen LogP contribution in [0.4, 0.5) is 10.5 Å². The Bertz CT molecular complexity index is 1590. The minimum Gasteiger partial charge on any atom is -0.343 e. The molecule has 11 nitrogen and oxygen atoms in total. The lowest BCUT2D eigenvalue weighted by Crippen LogP contribution is -2.53.